The van der Waals surface area contributed by atoms with E-state index in [0.29, 0.717) is 34.0 Å². The SMILES string of the molecule is CC.CC.N#Cc1ccc(SCCON2C(=O)C3=C(CCC=C3)C2=O)cc1.SCS. The Kier molecular flexibility index (Phi) is 16.1. The molecule has 0 bridgehead atoms. The molecular formula is C22H30N2O3S3. The second-order valence-electron chi connectivity index (χ2n) is 5.20. The van der Waals surface area contributed by atoms with E-state index in [0.717, 1.165) is 16.4 Å². The zero-order chi connectivity index (χ0) is 22.9. The van der Waals surface area contributed by atoms with E-state index in [-0.39, 0.29) is 18.4 Å². The summed E-state index contributed by atoms with van der Waals surface area (Å²) in [5.41, 5.74) is 1.63. The zero-order valence-corrected chi connectivity index (χ0v) is 20.5. The predicted molar refractivity (Wildman–Crippen MR) is 131 cm³/mol. The molecule has 0 spiro atoms. The molecule has 1 aliphatic heterocycles. The average molecular weight is 467 g/mol. The summed E-state index contributed by atoms with van der Waals surface area (Å²) in [4.78, 5) is 30.6. The van der Waals surface area contributed by atoms with Crippen molar-refractivity contribution in [2.24, 2.45) is 0 Å². The number of allylic oxidation sites excluding steroid dienone is 1. The quantitative estimate of drug-likeness (QED) is 0.198. The van der Waals surface area contributed by atoms with Gasteiger partial charge in [0.2, 0.25) is 0 Å². The fourth-order valence-electron chi connectivity index (χ4n) is 2.44. The van der Waals surface area contributed by atoms with Crippen molar-refractivity contribution >= 4 is 48.8 Å². The van der Waals surface area contributed by atoms with E-state index in [1.807, 2.05) is 45.9 Å². The molecule has 1 aromatic rings. The topological polar surface area (TPSA) is 70.4 Å². The lowest BCUT2D eigenvalue weighted by molar-refractivity contribution is -0.184. The van der Waals surface area contributed by atoms with E-state index in [1.54, 1.807) is 18.2 Å². The van der Waals surface area contributed by atoms with Crippen LogP contribution in [0.15, 0.2) is 52.5 Å². The first kappa shape index (κ1) is 28.3. The zero-order valence-electron chi connectivity index (χ0n) is 17.9. The smallest absolute Gasteiger partial charge is 0.267 e. The number of nitriles is 1. The fourth-order valence-corrected chi connectivity index (χ4v) is 3.16. The molecule has 0 saturated carbocycles. The monoisotopic (exact) mass is 466 g/mol. The Morgan fingerprint density at radius 3 is 2.23 bits per heavy atom. The van der Waals surface area contributed by atoms with E-state index < -0.39 is 0 Å². The predicted octanol–water partition coefficient (Wildman–Crippen LogP) is 5.45. The maximum absolute atomic E-state index is 12.1. The number of imide groups is 1. The average Bonchev–Trinajstić information content (AvgIpc) is 3.05. The Morgan fingerprint density at radius 1 is 1.10 bits per heavy atom. The van der Waals surface area contributed by atoms with Crippen molar-refractivity contribution in [3.63, 3.8) is 0 Å². The summed E-state index contributed by atoms with van der Waals surface area (Å²) < 4.78 is 0. The molecule has 0 atom stereocenters. The summed E-state index contributed by atoms with van der Waals surface area (Å²) in [6.45, 7) is 8.26. The molecule has 5 nitrogen and oxygen atoms in total. The van der Waals surface area contributed by atoms with Crippen LogP contribution in [-0.2, 0) is 14.4 Å². The van der Waals surface area contributed by atoms with E-state index in [1.165, 1.54) is 11.8 Å². The number of thiol groups is 2. The summed E-state index contributed by atoms with van der Waals surface area (Å²) >= 11 is 8.85. The van der Waals surface area contributed by atoms with Gasteiger partial charge in [0.25, 0.3) is 11.8 Å². The minimum absolute atomic E-state index is 0.256. The van der Waals surface area contributed by atoms with Gasteiger partial charge in [-0.25, -0.2) is 0 Å². The highest BCUT2D eigenvalue weighted by molar-refractivity contribution is 7.99. The number of hydrogen-bond donors (Lipinski definition) is 2. The highest BCUT2D eigenvalue weighted by atomic mass is 32.2. The first-order valence-corrected chi connectivity index (χ1v) is 12.1. The third-order valence-corrected chi connectivity index (χ3v) is 4.56. The van der Waals surface area contributed by atoms with Crippen LogP contribution in [0.4, 0.5) is 0 Å². The van der Waals surface area contributed by atoms with Crippen molar-refractivity contribution in [1.29, 1.82) is 5.26 Å². The summed E-state index contributed by atoms with van der Waals surface area (Å²) in [6, 6.07) is 9.29. The van der Waals surface area contributed by atoms with Gasteiger partial charge < -0.3 is 0 Å². The molecule has 2 amide bonds. The van der Waals surface area contributed by atoms with Gasteiger partial charge in [0, 0.05) is 21.3 Å². The van der Waals surface area contributed by atoms with Gasteiger partial charge in [-0.1, -0.05) is 39.8 Å². The van der Waals surface area contributed by atoms with Crippen molar-refractivity contribution < 1.29 is 14.4 Å². The Morgan fingerprint density at radius 2 is 1.70 bits per heavy atom. The Balaban J connectivity index is 0.00000108. The third-order valence-electron chi connectivity index (χ3n) is 3.58. The van der Waals surface area contributed by atoms with Gasteiger partial charge in [0.15, 0.2) is 0 Å². The molecule has 2 aliphatic rings. The van der Waals surface area contributed by atoms with Crippen LogP contribution in [-0.4, -0.2) is 34.3 Å². The number of hydroxylamine groups is 2. The molecule has 164 valence electrons. The van der Waals surface area contributed by atoms with Crippen LogP contribution in [0.25, 0.3) is 0 Å². The molecule has 8 heteroatoms. The van der Waals surface area contributed by atoms with Crippen LogP contribution in [0.1, 0.15) is 46.1 Å². The highest BCUT2D eigenvalue weighted by Crippen LogP contribution is 2.29. The molecule has 0 aromatic heterocycles. The van der Waals surface area contributed by atoms with Gasteiger partial charge in [0.05, 0.1) is 23.8 Å². The van der Waals surface area contributed by atoms with E-state index in [2.05, 4.69) is 31.3 Å². The number of nitrogens with zero attached hydrogens (tertiary/aromatic N) is 2. The van der Waals surface area contributed by atoms with Crippen molar-refractivity contribution in [2.75, 3.05) is 17.4 Å². The summed E-state index contributed by atoms with van der Waals surface area (Å²) in [6.07, 6.45) is 4.97. The van der Waals surface area contributed by atoms with Crippen LogP contribution in [0.5, 0.6) is 0 Å². The van der Waals surface area contributed by atoms with Crippen LogP contribution >= 0.6 is 37.0 Å². The molecule has 30 heavy (non-hydrogen) atoms. The lowest BCUT2D eigenvalue weighted by atomic mass is 10.00. The number of hydrogen-bond acceptors (Lipinski definition) is 7. The molecule has 0 unspecified atom stereocenters. The maximum atomic E-state index is 12.1. The second kappa shape index (κ2) is 17.1. The van der Waals surface area contributed by atoms with Gasteiger partial charge in [-0.2, -0.15) is 30.5 Å². The maximum Gasteiger partial charge on any atom is 0.285 e. The second-order valence-corrected chi connectivity index (χ2v) is 7.50. The molecule has 3 rings (SSSR count). The third kappa shape index (κ3) is 8.60. The number of rotatable bonds is 5. The van der Waals surface area contributed by atoms with Gasteiger partial charge in [-0.15, -0.1) is 16.8 Å². The lowest BCUT2D eigenvalue weighted by Gasteiger charge is -2.14. The molecule has 1 aliphatic carbocycles. The summed E-state index contributed by atoms with van der Waals surface area (Å²) in [5, 5.41) is 10.3. The van der Waals surface area contributed by atoms with E-state index >= 15 is 0 Å². The fraction of sp³-hybridized carbons (Fsp3) is 0.409. The largest absolute Gasteiger partial charge is 0.285 e. The minimum atomic E-state index is -0.371. The van der Waals surface area contributed by atoms with Crippen molar-refractivity contribution in [1.82, 2.24) is 5.06 Å². The van der Waals surface area contributed by atoms with Gasteiger partial charge in [0.1, 0.15) is 0 Å². The minimum Gasteiger partial charge on any atom is -0.267 e. The van der Waals surface area contributed by atoms with Gasteiger partial charge >= 0.3 is 0 Å². The Bertz CT molecular complexity index is 769. The van der Waals surface area contributed by atoms with Crippen LogP contribution in [0.3, 0.4) is 0 Å². The number of carbonyl (C=O) groups excluding carboxylic acids is 2. The van der Waals surface area contributed by atoms with E-state index in [9.17, 15) is 9.59 Å². The van der Waals surface area contributed by atoms with Crippen LogP contribution in [0.2, 0.25) is 0 Å². The number of amides is 2. The number of benzene rings is 1. The van der Waals surface area contributed by atoms with Crippen LogP contribution in [0, 0.1) is 11.3 Å². The van der Waals surface area contributed by atoms with Gasteiger partial charge in [-0.05, 0) is 37.1 Å². The van der Waals surface area contributed by atoms with Gasteiger partial charge in [-0.3, -0.25) is 14.4 Å². The summed E-state index contributed by atoms with van der Waals surface area (Å²) in [7, 11) is 0. The van der Waals surface area contributed by atoms with Crippen molar-refractivity contribution in [3.05, 3.63) is 53.1 Å². The first-order chi connectivity index (χ1) is 14.6. The molecule has 0 saturated heterocycles. The lowest BCUT2D eigenvalue weighted by Crippen LogP contribution is -2.32. The number of thioether (sulfide) groups is 1. The van der Waals surface area contributed by atoms with E-state index in [4.69, 9.17) is 10.1 Å². The normalized spacial score (nSPS) is 13.8. The molecule has 0 N–H and O–H groups in total. The number of carbonyl (C=O) groups is 2. The molecule has 1 aromatic carbocycles. The van der Waals surface area contributed by atoms with Crippen molar-refractivity contribution in [3.8, 4) is 6.07 Å². The standard InChI is InChI=1S/C17H14N2O3S.2C2H6.CH4S2/c18-11-12-5-7-13(8-6-12)23-10-9-22-19-16(20)14-3-1-2-4-15(14)17(19)21;2*1-2;2-1-3/h1,3,5-8H,2,4,9-10H2;2*1-2H3;2-3H,1H2. The Labute approximate surface area is 195 Å². The molecule has 1 heterocycles. The van der Waals surface area contributed by atoms with Crippen LogP contribution < -0.4 is 0 Å². The molecule has 0 radical (unpaired) electrons. The summed E-state index contributed by atoms with van der Waals surface area (Å²) in [5.74, 6) is -0.106. The first-order valence-electron chi connectivity index (χ1n) is 9.88. The highest BCUT2D eigenvalue weighted by Gasteiger charge is 2.38. The molecule has 0 fully saturated rings. The molecular weight excluding hydrogens is 436 g/mol. The Hall–Kier alpha value is -1.66. The van der Waals surface area contributed by atoms with Crippen molar-refractivity contribution in [2.45, 2.75) is 45.4 Å².